The van der Waals surface area contributed by atoms with Crippen LogP contribution in [0.4, 0.5) is 4.39 Å². The minimum absolute atomic E-state index is 0.192. The number of benzene rings is 3. The Labute approximate surface area is 215 Å². The SMILES string of the molecule is C=C(C)C(=O)Oc1ccc(-c2ccc(-c3ccc(OC(=O)C(=C)C)cc3COC)c(F)c2)c(COC)c1. The maximum absolute atomic E-state index is 15.5. The molecule has 3 aromatic rings. The quantitative estimate of drug-likeness (QED) is 0.180. The highest BCUT2D eigenvalue weighted by Crippen LogP contribution is 2.34. The van der Waals surface area contributed by atoms with E-state index < -0.39 is 17.8 Å². The summed E-state index contributed by atoms with van der Waals surface area (Å²) >= 11 is 0. The lowest BCUT2D eigenvalue weighted by atomic mass is 9.94. The molecule has 3 aromatic carbocycles. The van der Waals surface area contributed by atoms with Crippen LogP contribution in [0.2, 0.25) is 0 Å². The largest absolute Gasteiger partial charge is 0.423 e. The highest BCUT2D eigenvalue weighted by molar-refractivity contribution is 5.89. The van der Waals surface area contributed by atoms with Gasteiger partial charge in [0.15, 0.2) is 0 Å². The third kappa shape index (κ3) is 6.78. The van der Waals surface area contributed by atoms with Gasteiger partial charge in [-0.25, -0.2) is 14.0 Å². The van der Waals surface area contributed by atoms with Crippen LogP contribution in [0.3, 0.4) is 0 Å². The first-order chi connectivity index (χ1) is 17.6. The van der Waals surface area contributed by atoms with Gasteiger partial charge in [-0.2, -0.15) is 0 Å². The monoisotopic (exact) mass is 504 g/mol. The lowest BCUT2D eigenvalue weighted by Crippen LogP contribution is -2.08. The molecule has 0 heterocycles. The highest BCUT2D eigenvalue weighted by atomic mass is 19.1. The first-order valence-corrected chi connectivity index (χ1v) is 11.4. The summed E-state index contributed by atoms with van der Waals surface area (Å²) in [6.45, 7) is 10.7. The van der Waals surface area contributed by atoms with E-state index in [0.29, 0.717) is 33.8 Å². The van der Waals surface area contributed by atoms with E-state index in [4.69, 9.17) is 18.9 Å². The van der Waals surface area contributed by atoms with Gasteiger partial charge < -0.3 is 18.9 Å². The zero-order valence-electron chi connectivity index (χ0n) is 21.4. The molecule has 7 heteroatoms. The number of ether oxygens (including phenoxy) is 4. The molecule has 6 nitrogen and oxygen atoms in total. The van der Waals surface area contributed by atoms with Crippen molar-refractivity contribution in [2.75, 3.05) is 14.2 Å². The van der Waals surface area contributed by atoms with Crippen molar-refractivity contribution >= 4 is 11.9 Å². The van der Waals surface area contributed by atoms with E-state index in [1.165, 1.54) is 13.2 Å². The molecule has 0 spiro atoms. The first-order valence-electron chi connectivity index (χ1n) is 11.4. The number of rotatable bonds is 10. The fourth-order valence-corrected chi connectivity index (χ4v) is 3.65. The number of esters is 2. The fraction of sp³-hybridized carbons (Fsp3) is 0.200. The number of halogens is 1. The second-order valence-corrected chi connectivity index (χ2v) is 8.54. The molecule has 0 aliphatic carbocycles. The molecule has 0 aliphatic rings. The van der Waals surface area contributed by atoms with Crippen molar-refractivity contribution < 1.29 is 32.9 Å². The Balaban J connectivity index is 1.98. The van der Waals surface area contributed by atoms with Gasteiger partial charge in [-0.3, -0.25) is 0 Å². The number of carbonyl (C=O) groups excluding carboxylic acids is 2. The summed E-state index contributed by atoms with van der Waals surface area (Å²) in [5, 5.41) is 0. The van der Waals surface area contributed by atoms with Gasteiger partial charge in [0.2, 0.25) is 0 Å². The van der Waals surface area contributed by atoms with Crippen molar-refractivity contribution in [2.24, 2.45) is 0 Å². The minimum Gasteiger partial charge on any atom is -0.423 e. The average molecular weight is 505 g/mol. The Morgan fingerprint density at radius 1 is 0.703 bits per heavy atom. The van der Waals surface area contributed by atoms with Crippen molar-refractivity contribution in [1.82, 2.24) is 0 Å². The van der Waals surface area contributed by atoms with Crippen molar-refractivity contribution in [1.29, 1.82) is 0 Å². The third-order valence-electron chi connectivity index (χ3n) is 5.44. The first kappa shape index (κ1) is 27.5. The van der Waals surface area contributed by atoms with Gasteiger partial charge in [-0.1, -0.05) is 37.4 Å². The molecule has 0 radical (unpaired) electrons. The van der Waals surface area contributed by atoms with Gasteiger partial charge in [0.25, 0.3) is 0 Å². The molecule has 3 rings (SSSR count). The van der Waals surface area contributed by atoms with E-state index >= 15 is 4.39 Å². The minimum atomic E-state index is -0.543. The molecule has 0 amide bonds. The fourth-order valence-electron chi connectivity index (χ4n) is 3.65. The number of methoxy groups -OCH3 is 2. The van der Waals surface area contributed by atoms with Crippen molar-refractivity contribution in [2.45, 2.75) is 27.1 Å². The molecule has 0 fully saturated rings. The lowest BCUT2D eigenvalue weighted by molar-refractivity contribution is -0.130. The van der Waals surface area contributed by atoms with Crippen molar-refractivity contribution in [3.05, 3.63) is 95.8 Å². The molecular weight excluding hydrogens is 475 g/mol. The summed E-state index contributed by atoms with van der Waals surface area (Å²) in [5.74, 6) is -0.851. The molecule has 0 saturated heterocycles. The third-order valence-corrected chi connectivity index (χ3v) is 5.44. The molecular formula is C30H29FO6. The summed E-state index contributed by atoms with van der Waals surface area (Å²) in [6, 6.07) is 15.0. The molecule has 0 unspecified atom stereocenters. The molecule has 0 atom stereocenters. The van der Waals surface area contributed by atoms with Crippen LogP contribution >= 0.6 is 0 Å². The topological polar surface area (TPSA) is 71.1 Å². The summed E-state index contributed by atoms with van der Waals surface area (Å²) in [5.41, 5.74) is 4.29. The van der Waals surface area contributed by atoms with E-state index in [1.807, 2.05) is 0 Å². The van der Waals surface area contributed by atoms with E-state index in [1.54, 1.807) is 69.5 Å². The molecule has 0 N–H and O–H groups in total. The molecule has 192 valence electrons. The zero-order valence-corrected chi connectivity index (χ0v) is 21.4. The van der Waals surface area contributed by atoms with Gasteiger partial charge in [-0.05, 0) is 72.0 Å². The Kier molecular flexibility index (Phi) is 9.11. The number of hydrogen-bond donors (Lipinski definition) is 0. The van der Waals surface area contributed by atoms with Crippen molar-refractivity contribution in [3.8, 4) is 33.8 Å². The van der Waals surface area contributed by atoms with Gasteiger partial charge in [-0.15, -0.1) is 0 Å². The number of hydrogen-bond acceptors (Lipinski definition) is 6. The molecule has 0 bridgehead atoms. The van der Waals surface area contributed by atoms with Gasteiger partial charge >= 0.3 is 11.9 Å². The standard InChI is InChI=1S/C30H29FO6/c1-18(2)29(32)36-23-8-11-25(21(13-23)16-34-5)20-7-10-27(28(31)15-20)26-12-9-24(14-22(26)17-35-6)37-30(33)19(3)4/h7-15H,1,3,16-17H2,2,4-6H3. The van der Waals surface area contributed by atoms with E-state index in [9.17, 15) is 9.59 Å². The maximum atomic E-state index is 15.5. The van der Waals surface area contributed by atoms with Crippen LogP contribution in [0, 0.1) is 5.82 Å². The Morgan fingerprint density at radius 3 is 1.62 bits per heavy atom. The van der Waals surface area contributed by atoms with Crippen LogP contribution in [-0.4, -0.2) is 26.2 Å². The predicted octanol–water partition coefficient (Wildman–Crippen LogP) is 6.42. The summed E-state index contributed by atoms with van der Waals surface area (Å²) in [6.07, 6.45) is 0. The Bertz CT molecular complexity index is 1360. The van der Waals surface area contributed by atoms with Crippen LogP contribution < -0.4 is 9.47 Å². The lowest BCUT2D eigenvalue weighted by Gasteiger charge is -2.15. The molecule has 0 aromatic heterocycles. The zero-order chi connectivity index (χ0) is 27.1. The van der Waals surface area contributed by atoms with Gasteiger partial charge in [0.1, 0.15) is 17.3 Å². The van der Waals surface area contributed by atoms with Gasteiger partial charge in [0, 0.05) is 30.9 Å². The molecule has 0 saturated carbocycles. The molecule has 37 heavy (non-hydrogen) atoms. The summed E-state index contributed by atoms with van der Waals surface area (Å²) in [7, 11) is 3.08. The van der Waals surface area contributed by atoms with Crippen molar-refractivity contribution in [3.63, 3.8) is 0 Å². The number of carbonyl (C=O) groups is 2. The van der Waals surface area contributed by atoms with Crippen LogP contribution in [0.25, 0.3) is 22.3 Å². The second-order valence-electron chi connectivity index (χ2n) is 8.54. The maximum Gasteiger partial charge on any atom is 0.338 e. The predicted molar refractivity (Wildman–Crippen MR) is 140 cm³/mol. The Hall–Kier alpha value is -4.07. The highest BCUT2D eigenvalue weighted by Gasteiger charge is 2.16. The summed E-state index contributed by atoms with van der Waals surface area (Å²) in [4.78, 5) is 23.8. The van der Waals surface area contributed by atoms with E-state index in [-0.39, 0.29) is 24.4 Å². The van der Waals surface area contributed by atoms with Crippen LogP contribution in [0.5, 0.6) is 11.5 Å². The van der Waals surface area contributed by atoms with Crippen LogP contribution in [0.15, 0.2) is 78.9 Å². The summed E-state index contributed by atoms with van der Waals surface area (Å²) < 4.78 is 36.7. The van der Waals surface area contributed by atoms with E-state index in [0.717, 1.165) is 11.1 Å². The second kappa shape index (κ2) is 12.3. The molecule has 0 aliphatic heterocycles. The van der Waals surface area contributed by atoms with Crippen LogP contribution in [0.1, 0.15) is 25.0 Å². The van der Waals surface area contributed by atoms with Gasteiger partial charge in [0.05, 0.1) is 13.2 Å². The van der Waals surface area contributed by atoms with Crippen LogP contribution in [-0.2, 0) is 32.3 Å². The Morgan fingerprint density at radius 2 is 1.16 bits per heavy atom. The normalized spacial score (nSPS) is 10.6. The smallest absolute Gasteiger partial charge is 0.338 e. The van der Waals surface area contributed by atoms with E-state index in [2.05, 4.69) is 13.2 Å². The average Bonchev–Trinajstić information content (AvgIpc) is 2.85.